The molecule has 3 heteroatoms. The molecule has 240 valence electrons. The molecule has 4 aliphatic rings. The first kappa shape index (κ1) is 37.3. The second-order valence-corrected chi connectivity index (χ2v) is 15.0. The topological polar surface area (TPSA) is 0 Å². The SMILES string of the molecule is CC1=[C-]C(C)(C)c2cc3c(cc21)-c1cc2c(cc1C3)C(C)(C)C=C2C.CC1=[C-]C(C)C=C1C.[Cl-].[Cl-].[Zr+2]=[CH]c1cccc2ccccc12. The van der Waals surface area contributed by atoms with E-state index in [9.17, 15) is 0 Å². The van der Waals surface area contributed by atoms with Crippen LogP contribution in [0.1, 0.15) is 101 Å². The summed E-state index contributed by atoms with van der Waals surface area (Å²) in [4.78, 5) is 0. The van der Waals surface area contributed by atoms with Crippen molar-refractivity contribution in [1.29, 1.82) is 0 Å². The van der Waals surface area contributed by atoms with Crippen molar-refractivity contribution >= 4 is 25.6 Å². The number of halogens is 2. The molecule has 0 saturated heterocycles. The van der Waals surface area contributed by atoms with E-state index in [4.69, 9.17) is 0 Å². The van der Waals surface area contributed by atoms with Crippen molar-refractivity contribution in [1.82, 2.24) is 0 Å². The summed E-state index contributed by atoms with van der Waals surface area (Å²) in [5, 5.41) is 2.69. The van der Waals surface area contributed by atoms with Crippen LogP contribution in [0.4, 0.5) is 0 Å². The summed E-state index contributed by atoms with van der Waals surface area (Å²) >= 11 is 1.46. The van der Waals surface area contributed by atoms with E-state index in [0.717, 1.165) is 6.42 Å². The molecule has 8 rings (SSSR count). The minimum absolute atomic E-state index is 0. The second-order valence-electron chi connectivity index (χ2n) is 14.3. The number of allylic oxidation sites excluding steroid dienone is 8. The Balaban J connectivity index is 0.000000189. The summed E-state index contributed by atoms with van der Waals surface area (Å²) in [6.45, 7) is 20.1. The van der Waals surface area contributed by atoms with Gasteiger partial charge < -0.3 is 24.8 Å². The third kappa shape index (κ3) is 7.11. The van der Waals surface area contributed by atoms with Gasteiger partial charge >= 0.3 is 86.7 Å². The van der Waals surface area contributed by atoms with Crippen LogP contribution in [0.5, 0.6) is 0 Å². The Morgan fingerprint density at radius 3 is 1.94 bits per heavy atom. The van der Waals surface area contributed by atoms with Crippen molar-refractivity contribution in [2.45, 2.75) is 79.6 Å². The number of hydrogen-bond acceptors (Lipinski definition) is 0. The first-order chi connectivity index (χ1) is 21.3. The van der Waals surface area contributed by atoms with Crippen molar-refractivity contribution in [2.75, 3.05) is 0 Å². The van der Waals surface area contributed by atoms with Crippen molar-refractivity contribution in [3.63, 3.8) is 0 Å². The molecule has 4 aromatic rings. The molecule has 0 N–H and O–H groups in total. The van der Waals surface area contributed by atoms with E-state index in [2.05, 4.69) is 157 Å². The fourth-order valence-corrected chi connectivity index (χ4v) is 8.27. The zero-order valence-corrected chi connectivity index (χ0v) is 33.1. The van der Waals surface area contributed by atoms with E-state index >= 15 is 0 Å². The summed E-state index contributed by atoms with van der Waals surface area (Å²) in [6, 6.07) is 24.7. The van der Waals surface area contributed by atoms with Gasteiger partial charge in [0.15, 0.2) is 0 Å². The second kappa shape index (κ2) is 14.1. The van der Waals surface area contributed by atoms with Crippen LogP contribution in [0.2, 0.25) is 0 Å². The van der Waals surface area contributed by atoms with Gasteiger partial charge in [-0.15, -0.1) is 18.6 Å². The third-order valence-corrected chi connectivity index (χ3v) is 10.7. The Kier molecular flexibility index (Phi) is 11.2. The third-order valence-electron chi connectivity index (χ3n) is 9.95. The molecule has 0 bridgehead atoms. The molecule has 0 spiro atoms. The zero-order chi connectivity index (χ0) is 32.3. The van der Waals surface area contributed by atoms with Gasteiger partial charge in [0, 0.05) is 5.41 Å². The van der Waals surface area contributed by atoms with E-state index in [0.29, 0.717) is 5.92 Å². The Bertz CT molecular complexity index is 1890. The van der Waals surface area contributed by atoms with Gasteiger partial charge in [-0.1, -0.05) is 78.0 Å². The molecular weight excluding hydrogens is 691 g/mol. The maximum absolute atomic E-state index is 3.65. The first-order valence-corrected chi connectivity index (χ1v) is 17.6. The first-order valence-electron chi connectivity index (χ1n) is 16.2. The molecule has 4 aliphatic carbocycles. The molecule has 0 radical (unpaired) electrons. The van der Waals surface area contributed by atoms with Gasteiger partial charge in [-0.3, -0.25) is 12.2 Å². The van der Waals surface area contributed by atoms with E-state index in [1.165, 1.54) is 107 Å². The van der Waals surface area contributed by atoms with Crippen molar-refractivity contribution in [3.05, 3.63) is 141 Å². The predicted octanol–water partition coefficient (Wildman–Crippen LogP) is 5.33. The van der Waals surface area contributed by atoms with Crippen LogP contribution in [-0.4, -0.2) is 3.71 Å². The predicted molar refractivity (Wildman–Crippen MR) is 191 cm³/mol. The summed E-state index contributed by atoms with van der Waals surface area (Å²) in [6.07, 6.45) is 12.7. The molecule has 47 heavy (non-hydrogen) atoms. The van der Waals surface area contributed by atoms with Crippen molar-refractivity contribution in [3.8, 4) is 11.1 Å². The van der Waals surface area contributed by atoms with Crippen LogP contribution in [0, 0.1) is 18.1 Å². The van der Waals surface area contributed by atoms with Crippen molar-refractivity contribution < 1.29 is 49.0 Å². The molecule has 1 unspecified atom stereocenters. The fourth-order valence-electron chi connectivity index (χ4n) is 7.65. The Morgan fingerprint density at radius 1 is 0.723 bits per heavy atom. The summed E-state index contributed by atoms with van der Waals surface area (Å²) in [7, 11) is 0. The minimum atomic E-state index is 0. The van der Waals surface area contributed by atoms with Gasteiger partial charge in [0.05, 0.1) is 0 Å². The summed E-state index contributed by atoms with van der Waals surface area (Å²) < 4.78 is 2.23. The average Bonchev–Trinajstić information content (AvgIpc) is 3.64. The number of hydrogen-bond donors (Lipinski definition) is 0. The average molecular weight is 735 g/mol. The monoisotopic (exact) mass is 732 g/mol. The molecular formula is C44H44Cl2Zr-2. The molecule has 1 atom stereocenters. The van der Waals surface area contributed by atoms with Crippen molar-refractivity contribution in [2.24, 2.45) is 5.92 Å². The Morgan fingerprint density at radius 2 is 1.34 bits per heavy atom. The molecule has 0 fully saturated rings. The molecule has 0 nitrogen and oxygen atoms in total. The summed E-state index contributed by atoms with van der Waals surface area (Å²) in [5.41, 5.74) is 18.6. The standard InChI is InChI=1S/C25H25.C11H8.C8H11.2ClH.Zr/c1-14-12-24(3,4)22-8-16-7-17-9-23-19(15(2)13-25(23,5)6)11-21(17)20(16)10-18(14)22;1-9-5-4-7-10-6-2-3-8-11(9)10;1-6-4-7(2)8(3)5-6;;;/h8-12H,7H2,1-6H3;1-8H;4,6H,1-3H3;2*1H;/q-1;;-1;;;+2/p-2. The zero-order valence-electron chi connectivity index (χ0n) is 29.1. The molecule has 0 saturated carbocycles. The van der Waals surface area contributed by atoms with E-state index < -0.39 is 0 Å². The van der Waals surface area contributed by atoms with Gasteiger partial charge in [0.2, 0.25) is 0 Å². The number of fused-ring (bicyclic) bond motifs is 6. The van der Waals surface area contributed by atoms with Crippen LogP contribution in [0.3, 0.4) is 0 Å². The normalized spacial score (nSPS) is 18.2. The Labute approximate surface area is 310 Å². The van der Waals surface area contributed by atoms with Crippen LogP contribution in [-0.2, 0) is 41.5 Å². The van der Waals surface area contributed by atoms with Gasteiger partial charge in [0.25, 0.3) is 0 Å². The van der Waals surface area contributed by atoms with E-state index in [-0.39, 0.29) is 35.6 Å². The van der Waals surface area contributed by atoms with Crippen LogP contribution < -0.4 is 24.8 Å². The molecule has 0 amide bonds. The van der Waals surface area contributed by atoms with Crippen LogP contribution in [0.15, 0.2) is 90.0 Å². The quantitative estimate of drug-likeness (QED) is 0.205. The van der Waals surface area contributed by atoms with Gasteiger partial charge in [-0.05, 0) is 58.4 Å². The van der Waals surface area contributed by atoms with Gasteiger partial charge in [0.1, 0.15) is 0 Å². The fraction of sp³-hybridized carbons (Fsp3) is 0.295. The van der Waals surface area contributed by atoms with Crippen LogP contribution >= 0.6 is 0 Å². The van der Waals surface area contributed by atoms with E-state index in [1.807, 2.05) is 0 Å². The summed E-state index contributed by atoms with van der Waals surface area (Å²) in [5.74, 6) is 0.551. The molecule has 4 aromatic carbocycles. The van der Waals surface area contributed by atoms with Gasteiger partial charge in [-0.2, -0.15) is 11.6 Å². The van der Waals surface area contributed by atoms with Gasteiger partial charge in [-0.25, -0.2) is 16.7 Å². The van der Waals surface area contributed by atoms with E-state index in [1.54, 1.807) is 0 Å². The molecule has 0 aliphatic heterocycles. The Hall–Kier alpha value is -2.57. The number of benzene rings is 4. The number of rotatable bonds is 1. The maximum atomic E-state index is 3.65. The molecule has 0 aromatic heterocycles. The van der Waals surface area contributed by atoms with Crippen LogP contribution in [0.25, 0.3) is 33.0 Å². The molecule has 0 heterocycles.